The van der Waals surface area contributed by atoms with E-state index in [-0.39, 0.29) is 11.1 Å². The molecule has 0 bridgehead atoms. The predicted octanol–water partition coefficient (Wildman–Crippen LogP) is 2.18. The summed E-state index contributed by atoms with van der Waals surface area (Å²) in [6.07, 6.45) is 0. The molecule has 0 fully saturated rings. The average molecular weight is 155 g/mol. The molecular weight excluding hydrogens is 148 g/mol. The lowest BCUT2D eigenvalue weighted by molar-refractivity contribution is 0.0994. The van der Waals surface area contributed by atoms with Gasteiger partial charge in [0.1, 0.15) is 0 Å². The van der Waals surface area contributed by atoms with Crippen molar-refractivity contribution in [2.24, 2.45) is 0 Å². The number of fused-ring (bicyclic) bond motifs is 1. The molecule has 0 aromatic heterocycles. The van der Waals surface area contributed by atoms with Crippen LogP contribution in [0.25, 0.3) is 0 Å². The maximum absolute atomic E-state index is 12.7. The maximum Gasteiger partial charge on any atom is 0.301 e. The number of benzene rings is 1. The molecule has 0 saturated carbocycles. The van der Waals surface area contributed by atoms with Crippen molar-refractivity contribution in [3.05, 3.63) is 29.3 Å². The Balaban J connectivity index is 2.53. The minimum absolute atomic E-state index is 0.155. The second kappa shape index (κ2) is 1.72. The highest BCUT2D eigenvalue weighted by molar-refractivity contribution is 5.69. The quantitative estimate of drug-likeness (QED) is 0.655. The van der Waals surface area contributed by atoms with Crippen LogP contribution in [0, 0.1) is 0 Å². The van der Waals surface area contributed by atoms with Crippen LogP contribution in [0.1, 0.15) is 11.1 Å². The minimum atomic E-state index is -2.66. The molecule has 0 unspecified atom stereocenters. The lowest BCUT2D eigenvalue weighted by Gasteiger charge is -1.95. The van der Waals surface area contributed by atoms with Crippen molar-refractivity contribution in [3.8, 4) is 0 Å². The van der Waals surface area contributed by atoms with Crippen LogP contribution < -0.4 is 5.32 Å². The van der Waals surface area contributed by atoms with Gasteiger partial charge in [-0.3, -0.25) is 0 Å². The molecule has 0 amide bonds. The summed E-state index contributed by atoms with van der Waals surface area (Å²) in [6, 6.07) is 4.74. The van der Waals surface area contributed by atoms with E-state index in [2.05, 4.69) is 5.32 Å². The van der Waals surface area contributed by atoms with Crippen LogP contribution in [-0.2, 0) is 5.92 Å². The highest BCUT2D eigenvalue weighted by Gasteiger charge is 2.54. The van der Waals surface area contributed by atoms with Gasteiger partial charge in [-0.05, 0) is 6.07 Å². The van der Waals surface area contributed by atoms with E-state index in [9.17, 15) is 8.78 Å². The van der Waals surface area contributed by atoms with Crippen LogP contribution >= 0.6 is 0 Å². The summed E-state index contributed by atoms with van der Waals surface area (Å²) < 4.78 is 25.5. The molecule has 0 saturated heterocycles. The Labute approximate surface area is 63.0 Å². The van der Waals surface area contributed by atoms with Crippen molar-refractivity contribution in [1.29, 1.82) is 0 Å². The summed E-state index contributed by atoms with van der Waals surface area (Å²) in [5.41, 5.74) is 0.847. The van der Waals surface area contributed by atoms with Gasteiger partial charge in [0.2, 0.25) is 0 Å². The van der Waals surface area contributed by atoms with Crippen LogP contribution in [0.5, 0.6) is 0 Å². The van der Waals surface area contributed by atoms with E-state index >= 15 is 0 Å². The molecule has 0 atom stereocenters. The van der Waals surface area contributed by atoms with Crippen molar-refractivity contribution in [1.82, 2.24) is 0 Å². The van der Waals surface area contributed by atoms with Gasteiger partial charge >= 0.3 is 5.92 Å². The Morgan fingerprint density at radius 1 is 1.36 bits per heavy atom. The zero-order valence-electron chi connectivity index (χ0n) is 5.99. The van der Waals surface area contributed by atoms with Crippen molar-refractivity contribution in [3.63, 3.8) is 0 Å². The van der Waals surface area contributed by atoms with Gasteiger partial charge in [-0.2, -0.15) is 8.78 Å². The molecule has 1 nitrogen and oxygen atoms in total. The molecule has 2 rings (SSSR count). The molecule has 0 aliphatic heterocycles. The molecule has 1 N–H and O–H groups in total. The molecule has 3 heteroatoms. The fourth-order valence-corrected chi connectivity index (χ4v) is 1.29. The second-order valence-corrected chi connectivity index (χ2v) is 2.55. The third kappa shape index (κ3) is 0.679. The number of alkyl halides is 2. The van der Waals surface area contributed by atoms with Gasteiger partial charge in [0.05, 0.1) is 5.56 Å². The first-order valence-corrected chi connectivity index (χ1v) is 3.37. The molecule has 11 heavy (non-hydrogen) atoms. The number of anilines is 1. The van der Waals surface area contributed by atoms with Crippen LogP contribution in [0.3, 0.4) is 0 Å². The number of halogens is 2. The topological polar surface area (TPSA) is 12.0 Å². The molecule has 1 aliphatic rings. The lowest BCUT2D eigenvalue weighted by Crippen LogP contribution is -1.90. The average Bonchev–Trinajstić information content (AvgIpc) is 2.56. The molecule has 0 spiro atoms. The number of rotatable bonds is 1. The Hall–Kier alpha value is -1.12. The second-order valence-electron chi connectivity index (χ2n) is 2.55. The zero-order chi connectivity index (χ0) is 8.06. The summed E-state index contributed by atoms with van der Waals surface area (Å²) in [4.78, 5) is 0. The highest BCUT2D eigenvalue weighted by atomic mass is 19.3. The van der Waals surface area contributed by atoms with Crippen LogP contribution in [0.4, 0.5) is 14.5 Å². The molecule has 0 radical (unpaired) electrons. The van der Waals surface area contributed by atoms with Gasteiger partial charge in [0.25, 0.3) is 0 Å². The third-order valence-corrected chi connectivity index (χ3v) is 1.92. The standard InChI is InChI=1S/C8H7F2N/c1-11-6-4-2-3-5-7(6)8(5,9)10/h2-4,11H,1H3. The predicted molar refractivity (Wildman–Crippen MR) is 39.0 cm³/mol. The SMILES string of the molecule is CNc1cccc2c1C2(F)F. The molecule has 1 aromatic carbocycles. The van der Waals surface area contributed by atoms with E-state index in [1.165, 1.54) is 6.07 Å². The van der Waals surface area contributed by atoms with Crippen LogP contribution in [0.15, 0.2) is 18.2 Å². The molecule has 1 aromatic rings. The summed E-state index contributed by atoms with van der Waals surface area (Å²) in [6.45, 7) is 0. The molecular formula is C8H7F2N. The first-order chi connectivity index (χ1) is 5.18. The van der Waals surface area contributed by atoms with Gasteiger partial charge < -0.3 is 5.32 Å². The number of hydrogen-bond acceptors (Lipinski definition) is 1. The molecule has 0 heterocycles. The van der Waals surface area contributed by atoms with Crippen molar-refractivity contribution in [2.45, 2.75) is 5.92 Å². The first-order valence-electron chi connectivity index (χ1n) is 3.37. The minimum Gasteiger partial charge on any atom is -0.388 e. The summed E-state index contributed by atoms with van der Waals surface area (Å²) >= 11 is 0. The largest absolute Gasteiger partial charge is 0.388 e. The third-order valence-electron chi connectivity index (χ3n) is 1.92. The number of nitrogens with one attached hydrogen (secondary N) is 1. The Morgan fingerprint density at radius 3 is 2.64 bits per heavy atom. The highest BCUT2D eigenvalue weighted by Crippen LogP contribution is 2.55. The maximum atomic E-state index is 12.7. The van der Waals surface area contributed by atoms with E-state index in [0.717, 1.165) is 0 Å². The monoisotopic (exact) mass is 155 g/mol. The van der Waals surface area contributed by atoms with Crippen LogP contribution in [-0.4, -0.2) is 7.05 Å². The van der Waals surface area contributed by atoms with E-state index in [0.29, 0.717) is 5.69 Å². The van der Waals surface area contributed by atoms with Crippen LogP contribution in [0.2, 0.25) is 0 Å². The van der Waals surface area contributed by atoms with E-state index in [4.69, 9.17) is 0 Å². The van der Waals surface area contributed by atoms with E-state index in [1.54, 1.807) is 19.2 Å². The summed E-state index contributed by atoms with van der Waals surface area (Å²) in [5.74, 6) is -2.66. The van der Waals surface area contributed by atoms with Crippen molar-refractivity contribution in [2.75, 3.05) is 12.4 Å². The van der Waals surface area contributed by atoms with Gasteiger partial charge in [-0.1, -0.05) is 12.1 Å². The normalized spacial score (nSPS) is 17.4. The van der Waals surface area contributed by atoms with Gasteiger partial charge in [-0.15, -0.1) is 0 Å². The lowest BCUT2D eigenvalue weighted by atomic mass is 10.3. The van der Waals surface area contributed by atoms with Crippen molar-refractivity contribution >= 4 is 5.69 Å². The summed E-state index contributed by atoms with van der Waals surface area (Å²) in [7, 11) is 1.64. The Morgan fingerprint density at radius 2 is 2.09 bits per heavy atom. The Bertz CT molecular complexity index is 307. The molecule has 1 aliphatic carbocycles. The van der Waals surface area contributed by atoms with Gasteiger partial charge in [-0.25, -0.2) is 0 Å². The first kappa shape index (κ1) is 6.58. The molecule has 58 valence electrons. The number of hydrogen-bond donors (Lipinski definition) is 1. The van der Waals surface area contributed by atoms with Gasteiger partial charge in [0.15, 0.2) is 0 Å². The fraction of sp³-hybridized carbons (Fsp3) is 0.250. The Kier molecular flexibility index (Phi) is 1.03. The fourth-order valence-electron chi connectivity index (χ4n) is 1.29. The van der Waals surface area contributed by atoms with E-state index in [1.807, 2.05) is 0 Å². The smallest absolute Gasteiger partial charge is 0.301 e. The van der Waals surface area contributed by atoms with E-state index < -0.39 is 5.92 Å². The van der Waals surface area contributed by atoms with Crippen molar-refractivity contribution < 1.29 is 8.78 Å². The van der Waals surface area contributed by atoms with Gasteiger partial charge in [0, 0.05) is 18.3 Å². The summed E-state index contributed by atoms with van der Waals surface area (Å²) in [5, 5.41) is 2.72. The zero-order valence-corrected chi connectivity index (χ0v) is 5.99.